The summed E-state index contributed by atoms with van der Waals surface area (Å²) in [5, 5.41) is 1.90. The average Bonchev–Trinajstić information content (AvgIpc) is 2.26. The molecule has 0 amide bonds. The molecule has 2 rings (SSSR count). The van der Waals surface area contributed by atoms with Gasteiger partial charge in [0.15, 0.2) is 0 Å². The largest absolute Gasteiger partial charge is 0.332 e. The van der Waals surface area contributed by atoms with Gasteiger partial charge in [-0.3, -0.25) is 4.57 Å². The van der Waals surface area contributed by atoms with Crippen LogP contribution in [0.5, 0.6) is 0 Å². The molecule has 0 radical (unpaired) electrons. The van der Waals surface area contributed by atoms with Crippen molar-refractivity contribution in [2.45, 2.75) is 12.6 Å². The highest BCUT2D eigenvalue weighted by Gasteiger charge is 2.26. The van der Waals surface area contributed by atoms with Gasteiger partial charge >= 0.3 is 7.60 Å². The Kier molecular flexibility index (Phi) is 2.85. The standard InChI is InChI=1S/C12H13O3P/c1-9(16(13,14)15)11-8-4-6-10-5-2-3-7-12(10)11/h2-9H,1H3,(H2,13,14,15)/t9-/m0/s1. The Morgan fingerprint density at radius 2 is 1.69 bits per heavy atom. The monoisotopic (exact) mass is 236 g/mol. The molecular weight excluding hydrogens is 223 g/mol. The third-order valence-corrected chi connectivity index (χ3v) is 4.07. The zero-order valence-corrected chi connectivity index (χ0v) is 9.76. The summed E-state index contributed by atoms with van der Waals surface area (Å²) in [6.07, 6.45) is 0. The van der Waals surface area contributed by atoms with E-state index in [9.17, 15) is 14.4 Å². The van der Waals surface area contributed by atoms with Gasteiger partial charge in [0.1, 0.15) is 0 Å². The topological polar surface area (TPSA) is 57.5 Å². The molecular formula is C12H13O3P. The van der Waals surface area contributed by atoms with Crippen molar-refractivity contribution in [2.24, 2.45) is 0 Å². The lowest BCUT2D eigenvalue weighted by molar-refractivity contribution is 0.362. The summed E-state index contributed by atoms with van der Waals surface area (Å²) in [7, 11) is -4.08. The fraction of sp³-hybridized carbons (Fsp3) is 0.167. The molecule has 0 aliphatic carbocycles. The van der Waals surface area contributed by atoms with Gasteiger partial charge in [0, 0.05) is 0 Å². The second-order valence-electron chi connectivity index (χ2n) is 3.83. The van der Waals surface area contributed by atoms with Gasteiger partial charge in [-0.25, -0.2) is 0 Å². The van der Waals surface area contributed by atoms with Crippen molar-refractivity contribution in [3.63, 3.8) is 0 Å². The molecule has 0 aliphatic rings. The zero-order valence-electron chi connectivity index (χ0n) is 8.87. The van der Waals surface area contributed by atoms with E-state index in [2.05, 4.69) is 0 Å². The lowest BCUT2D eigenvalue weighted by atomic mass is 10.0. The quantitative estimate of drug-likeness (QED) is 0.788. The van der Waals surface area contributed by atoms with Crippen LogP contribution < -0.4 is 0 Å². The third kappa shape index (κ3) is 2.03. The summed E-state index contributed by atoms with van der Waals surface area (Å²) in [4.78, 5) is 18.4. The van der Waals surface area contributed by atoms with Gasteiger partial charge in [0.05, 0.1) is 5.66 Å². The van der Waals surface area contributed by atoms with Crippen LogP contribution in [-0.4, -0.2) is 9.79 Å². The van der Waals surface area contributed by atoms with Crippen molar-refractivity contribution in [2.75, 3.05) is 0 Å². The van der Waals surface area contributed by atoms with Crippen LogP contribution >= 0.6 is 7.60 Å². The van der Waals surface area contributed by atoms with Crippen LogP contribution in [0.25, 0.3) is 10.8 Å². The summed E-state index contributed by atoms with van der Waals surface area (Å²) in [5.74, 6) is 0. The Bertz CT molecular complexity index is 554. The van der Waals surface area contributed by atoms with Crippen molar-refractivity contribution >= 4 is 18.4 Å². The number of fused-ring (bicyclic) bond motifs is 1. The maximum absolute atomic E-state index is 11.3. The Morgan fingerprint density at radius 3 is 2.38 bits per heavy atom. The first-order chi connectivity index (χ1) is 7.50. The SMILES string of the molecule is C[C@@H](c1cccc2ccccc12)P(=O)(O)O. The molecule has 2 aromatic rings. The van der Waals surface area contributed by atoms with E-state index in [1.54, 1.807) is 13.0 Å². The van der Waals surface area contributed by atoms with E-state index < -0.39 is 13.3 Å². The molecule has 0 saturated carbocycles. The van der Waals surface area contributed by atoms with E-state index in [1.165, 1.54) is 0 Å². The maximum Gasteiger partial charge on any atom is 0.332 e. The average molecular weight is 236 g/mol. The maximum atomic E-state index is 11.3. The number of benzene rings is 2. The lowest BCUT2D eigenvalue weighted by Gasteiger charge is -2.15. The van der Waals surface area contributed by atoms with Gasteiger partial charge in [0.2, 0.25) is 0 Å². The highest BCUT2D eigenvalue weighted by molar-refractivity contribution is 7.52. The first-order valence-electron chi connectivity index (χ1n) is 5.03. The van der Waals surface area contributed by atoms with Crippen LogP contribution in [0.1, 0.15) is 18.1 Å². The predicted octanol–water partition coefficient (Wildman–Crippen LogP) is 3.08. The van der Waals surface area contributed by atoms with Crippen LogP contribution in [0, 0.1) is 0 Å². The van der Waals surface area contributed by atoms with Gasteiger partial charge in [-0.05, 0) is 23.3 Å². The normalized spacial score (nSPS) is 13.9. The fourth-order valence-electron chi connectivity index (χ4n) is 1.80. The van der Waals surface area contributed by atoms with Crippen LogP contribution in [0.2, 0.25) is 0 Å². The van der Waals surface area contributed by atoms with Gasteiger partial charge in [0.25, 0.3) is 0 Å². The van der Waals surface area contributed by atoms with Crippen molar-refractivity contribution in [3.8, 4) is 0 Å². The Balaban J connectivity index is 2.65. The van der Waals surface area contributed by atoms with Crippen LogP contribution in [0.4, 0.5) is 0 Å². The third-order valence-electron chi connectivity index (χ3n) is 2.78. The zero-order chi connectivity index (χ0) is 11.8. The molecule has 0 spiro atoms. The molecule has 16 heavy (non-hydrogen) atoms. The minimum absolute atomic E-state index is 0.700. The van der Waals surface area contributed by atoms with Crippen LogP contribution in [-0.2, 0) is 4.57 Å². The molecule has 1 atom stereocenters. The smallest absolute Gasteiger partial charge is 0.324 e. The molecule has 2 N–H and O–H groups in total. The number of hydrogen-bond donors (Lipinski definition) is 2. The molecule has 0 unspecified atom stereocenters. The molecule has 84 valence electrons. The van der Waals surface area contributed by atoms with E-state index in [0.717, 1.165) is 10.8 Å². The van der Waals surface area contributed by atoms with Crippen molar-refractivity contribution in [1.29, 1.82) is 0 Å². The minimum Gasteiger partial charge on any atom is -0.324 e. The highest BCUT2D eigenvalue weighted by atomic mass is 31.2. The van der Waals surface area contributed by atoms with Gasteiger partial charge < -0.3 is 9.79 Å². The summed E-state index contributed by atoms with van der Waals surface area (Å²) in [6.45, 7) is 1.56. The van der Waals surface area contributed by atoms with Gasteiger partial charge in [-0.15, -0.1) is 0 Å². The molecule has 0 fully saturated rings. The molecule has 2 aromatic carbocycles. The second kappa shape index (κ2) is 4.02. The van der Waals surface area contributed by atoms with Crippen LogP contribution in [0.15, 0.2) is 42.5 Å². The molecule has 0 heterocycles. The lowest BCUT2D eigenvalue weighted by Crippen LogP contribution is -1.95. The van der Waals surface area contributed by atoms with Crippen molar-refractivity contribution in [1.82, 2.24) is 0 Å². The second-order valence-corrected chi connectivity index (χ2v) is 5.79. The Labute approximate surface area is 93.9 Å². The molecule has 4 heteroatoms. The van der Waals surface area contributed by atoms with Gasteiger partial charge in [-0.1, -0.05) is 42.5 Å². The minimum atomic E-state index is -4.08. The van der Waals surface area contributed by atoms with E-state index in [-0.39, 0.29) is 0 Å². The van der Waals surface area contributed by atoms with E-state index in [4.69, 9.17) is 0 Å². The Morgan fingerprint density at radius 1 is 1.06 bits per heavy atom. The summed E-state index contributed by atoms with van der Waals surface area (Å²) in [5.41, 5.74) is -0.0648. The Hall–Kier alpha value is -1.15. The molecule has 0 saturated heterocycles. The molecule has 0 bridgehead atoms. The first-order valence-corrected chi connectivity index (χ1v) is 6.71. The summed E-state index contributed by atoms with van der Waals surface area (Å²) in [6, 6.07) is 13.1. The summed E-state index contributed by atoms with van der Waals surface area (Å²) >= 11 is 0. The number of rotatable bonds is 2. The molecule has 0 aliphatic heterocycles. The van der Waals surface area contributed by atoms with E-state index >= 15 is 0 Å². The number of hydrogen-bond acceptors (Lipinski definition) is 1. The van der Waals surface area contributed by atoms with Crippen molar-refractivity contribution < 1.29 is 14.4 Å². The van der Waals surface area contributed by atoms with E-state index in [1.807, 2.05) is 36.4 Å². The molecule has 3 nitrogen and oxygen atoms in total. The fourth-order valence-corrected chi connectivity index (χ4v) is 2.38. The highest BCUT2D eigenvalue weighted by Crippen LogP contribution is 2.52. The first kappa shape index (κ1) is 11.3. The predicted molar refractivity (Wildman–Crippen MR) is 64.4 cm³/mol. The van der Waals surface area contributed by atoms with Crippen LogP contribution in [0.3, 0.4) is 0 Å². The summed E-state index contributed by atoms with van der Waals surface area (Å²) < 4.78 is 11.3. The van der Waals surface area contributed by atoms with E-state index in [0.29, 0.717) is 5.56 Å². The molecule has 0 aromatic heterocycles. The van der Waals surface area contributed by atoms with Gasteiger partial charge in [-0.2, -0.15) is 0 Å². The van der Waals surface area contributed by atoms with Crippen molar-refractivity contribution in [3.05, 3.63) is 48.0 Å².